The predicted molar refractivity (Wildman–Crippen MR) is 84.9 cm³/mol. The molecule has 1 aromatic carbocycles. The van der Waals surface area contributed by atoms with Crippen molar-refractivity contribution in [2.24, 2.45) is 4.99 Å². The van der Waals surface area contributed by atoms with E-state index in [1.807, 2.05) is 22.6 Å². The number of benzene rings is 1. The molecule has 0 radical (unpaired) electrons. The van der Waals surface area contributed by atoms with Gasteiger partial charge in [-0.25, -0.2) is 4.79 Å². The van der Waals surface area contributed by atoms with Gasteiger partial charge in [0.05, 0.1) is 0 Å². The van der Waals surface area contributed by atoms with Gasteiger partial charge in [-0.3, -0.25) is 4.57 Å². The van der Waals surface area contributed by atoms with E-state index in [0.29, 0.717) is 0 Å². The first kappa shape index (κ1) is 14.1. The van der Waals surface area contributed by atoms with Crippen molar-refractivity contribution in [2.45, 2.75) is 26.7 Å². The summed E-state index contributed by atoms with van der Waals surface area (Å²) in [6, 6.07) is 8.14. The van der Waals surface area contributed by atoms with E-state index < -0.39 is 0 Å². The van der Waals surface area contributed by atoms with Gasteiger partial charge in [0.15, 0.2) is 4.80 Å². The minimum absolute atomic E-state index is 0.116. The molecule has 4 nitrogen and oxygen atoms in total. The molecule has 0 bridgehead atoms. The van der Waals surface area contributed by atoms with Gasteiger partial charge < -0.3 is 4.90 Å². The summed E-state index contributed by atoms with van der Waals surface area (Å²) in [4.78, 5) is 20.3. The molecule has 0 N–H and O–H groups in total. The van der Waals surface area contributed by atoms with Crippen LogP contribution in [0.15, 0.2) is 35.5 Å². The normalized spacial score (nSPS) is 15.7. The van der Waals surface area contributed by atoms with Crippen LogP contribution >= 0.6 is 11.3 Å². The SMILES string of the molecule is Cc1ccc(-n2cc(C)sc2=NC(=O)N2CCCC2)cc1. The maximum absolute atomic E-state index is 12.2. The summed E-state index contributed by atoms with van der Waals surface area (Å²) < 4.78 is 1.99. The summed E-state index contributed by atoms with van der Waals surface area (Å²) in [6.45, 7) is 5.76. The summed E-state index contributed by atoms with van der Waals surface area (Å²) in [6.07, 6.45) is 4.21. The van der Waals surface area contributed by atoms with Gasteiger partial charge in [0.1, 0.15) is 0 Å². The molecule has 0 atom stereocenters. The van der Waals surface area contributed by atoms with Crippen molar-refractivity contribution >= 4 is 17.4 Å². The molecule has 1 aromatic heterocycles. The zero-order valence-electron chi connectivity index (χ0n) is 12.4. The lowest BCUT2D eigenvalue weighted by Crippen LogP contribution is -2.27. The lowest BCUT2D eigenvalue weighted by Gasteiger charge is -2.10. The fourth-order valence-electron chi connectivity index (χ4n) is 2.48. The summed E-state index contributed by atoms with van der Waals surface area (Å²) in [5.41, 5.74) is 2.26. The van der Waals surface area contributed by atoms with E-state index in [-0.39, 0.29) is 6.03 Å². The molecule has 1 saturated heterocycles. The van der Waals surface area contributed by atoms with E-state index >= 15 is 0 Å². The Bertz CT molecular complexity index is 706. The number of urea groups is 1. The molecule has 0 saturated carbocycles. The highest BCUT2D eigenvalue weighted by Gasteiger charge is 2.17. The van der Waals surface area contributed by atoms with Crippen LogP contribution in [0.2, 0.25) is 0 Å². The Kier molecular flexibility index (Phi) is 3.92. The Morgan fingerprint density at radius 1 is 1.14 bits per heavy atom. The first-order valence-electron chi connectivity index (χ1n) is 7.23. The minimum Gasteiger partial charge on any atom is -0.323 e. The largest absolute Gasteiger partial charge is 0.346 e. The van der Waals surface area contributed by atoms with Crippen LogP contribution in [0.1, 0.15) is 23.3 Å². The van der Waals surface area contributed by atoms with Crippen molar-refractivity contribution in [1.29, 1.82) is 0 Å². The van der Waals surface area contributed by atoms with Gasteiger partial charge >= 0.3 is 6.03 Å². The second-order valence-electron chi connectivity index (χ2n) is 5.42. The predicted octanol–water partition coefficient (Wildman–Crippen LogP) is 3.27. The molecule has 5 heteroatoms. The maximum Gasteiger partial charge on any atom is 0.346 e. The third-order valence-electron chi connectivity index (χ3n) is 3.65. The van der Waals surface area contributed by atoms with E-state index in [0.717, 1.165) is 41.3 Å². The number of aromatic nitrogens is 1. The van der Waals surface area contributed by atoms with Gasteiger partial charge in [-0.15, -0.1) is 11.3 Å². The van der Waals surface area contributed by atoms with Crippen molar-refractivity contribution in [3.8, 4) is 5.69 Å². The standard InChI is InChI=1S/C16H19N3OS/c1-12-5-7-14(8-6-12)19-11-13(2)21-16(19)17-15(20)18-9-3-4-10-18/h5-8,11H,3-4,9-10H2,1-2H3. The van der Waals surface area contributed by atoms with Crippen molar-refractivity contribution in [3.05, 3.63) is 45.7 Å². The molecule has 110 valence electrons. The van der Waals surface area contributed by atoms with Crippen LogP contribution in [0, 0.1) is 13.8 Å². The zero-order chi connectivity index (χ0) is 14.8. The lowest BCUT2D eigenvalue weighted by molar-refractivity contribution is 0.218. The molecule has 0 aliphatic carbocycles. The molecule has 2 amide bonds. The third kappa shape index (κ3) is 3.08. The van der Waals surface area contributed by atoms with Crippen LogP contribution < -0.4 is 4.80 Å². The lowest BCUT2D eigenvalue weighted by atomic mass is 10.2. The van der Waals surface area contributed by atoms with Crippen molar-refractivity contribution in [1.82, 2.24) is 9.47 Å². The molecule has 0 unspecified atom stereocenters. The monoisotopic (exact) mass is 301 g/mol. The number of nitrogens with zero attached hydrogens (tertiary/aromatic N) is 3. The Labute approximate surface area is 128 Å². The smallest absolute Gasteiger partial charge is 0.323 e. The second-order valence-corrected chi connectivity index (χ2v) is 6.63. The number of carbonyl (C=O) groups is 1. The van der Waals surface area contributed by atoms with Crippen LogP contribution in [-0.4, -0.2) is 28.6 Å². The molecule has 2 heterocycles. The summed E-state index contributed by atoms with van der Waals surface area (Å²) in [5.74, 6) is 0. The third-order valence-corrected chi connectivity index (χ3v) is 4.55. The zero-order valence-corrected chi connectivity index (χ0v) is 13.2. The van der Waals surface area contributed by atoms with Gasteiger partial charge in [-0.1, -0.05) is 17.7 Å². The van der Waals surface area contributed by atoms with Crippen LogP contribution in [0.5, 0.6) is 0 Å². The fourth-order valence-corrected chi connectivity index (χ4v) is 3.31. The van der Waals surface area contributed by atoms with Gasteiger partial charge in [-0.2, -0.15) is 4.99 Å². The summed E-state index contributed by atoms with van der Waals surface area (Å²) in [5, 5.41) is 0. The summed E-state index contributed by atoms with van der Waals surface area (Å²) in [7, 11) is 0. The Morgan fingerprint density at radius 2 is 1.81 bits per heavy atom. The number of amides is 2. The topological polar surface area (TPSA) is 37.6 Å². The molecular formula is C16H19N3OS. The highest BCUT2D eigenvalue weighted by atomic mass is 32.1. The number of likely N-dealkylation sites (tertiary alicyclic amines) is 1. The Hall–Kier alpha value is -1.88. The molecule has 2 aromatic rings. The van der Waals surface area contributed by atoms with Gasteiger partial charge in [-0.05, 0) is 38.8 Å². The van der Waals surface area contributed by atoms with E-state index in [1.54, 1.807) is 11.3 Å². The number of carbonyl (C=O) groups excluding carboxylic acids is 1. The van der Waals surface area contributed by atoms with Crippen molar-refractivity contribution in [3.63, 3.8) is 0 Å². The van der Waals surface area contributed by atoms with E-state index in [1.165, 1.54) is 5.56 Å². The first-order chi connectivity index (χ1) is 10.1. The van der Waals surface area contributed by atoms with Gasteiger partial charge in [0, 0.05) is 29.9 Å². The van der Waals surface area contributed by atoms with Crippen molar-refractivity contribution < 1.29 is 4.79 Å². The number of aryl methyl sites for hydroxylation is 2. The molecule has 1 fully saturated rings. The van der Waals surface area contributed by atoms with E-state index in [2.05, 4.69) is 36.2 Å². The Balaban J connectivity index is 1.99. The highest BCUT2D eigenvalue weighted by Crippen LogP contribution is 2.12. The van der Waals surface area contributed by atoms with E-state index in [9.17, 15) is 4.79 Å². The quantitative estimate of drug-likeness (QED) is 0.796. The maximum atomic E-state index is 12.2. The molecule has 3 rings (SSSR count). The Morgan fingerprint density at radius 3 is 2.48 bits per heavy atom. The van der Waals surface area contributed by atoms with Gasteiger partial charge in [0.2, 0.25) is 0 Å². The summed E-state index contributed by atoms with van der Waals surface area (Å²) >= 11 is 1.55. The molecule has 1 aliphatic heterocycles. The average molecular weight is 301 g/mol. The molecule has 1 aliphatic rings. The van der Waals surface area contributed by atoms with E-state index in [4.69, 9.17) is 0 Å². The average Bonchev–Trinajstić information content (AvgIpc) is 3.09. The van der Waals surface area contributed by atoms with Crippen LogP contribution in [0.3, 0.4) is 0 Å². The number of rotatable bonds is 1. The second kappa shape index (κ2) is 5.85. The highest BCUT2D eigenvalue weighted by molar-refractivity contribution is 7.09. The molecule has 0 spiro atoms. The van der Waals surface area contributed by atoms with Crippen LogP contribution in [-0.2, 0) is 0 Å². The first-order valence-corrected chi connectivity index (χ1v) is 8.05. The fraction of sp³-hybridized carbons (Fsp3) is 0.375. The van der Waals surface area contributed by atoms with Gasteiger partial charge in [0.25, 0.3) is 0 Å². The number of thiazole rings is 1. The molecule has 21 heavy (non-hydrogen) atoms. The molecular weight excluding hydrogens is 282 g/mol. The van der Waals surface area contributed by atoms with Crippen molar-refractivity contribution in [2.75, 3.05) is 13.1 Å². The van der Waals surface area contributed by atoms with Crippen LogP contribution in [0.25, 0.3) is 5.69 Å². The minimum atomic E-state index is -0.116. The number of hydrogen-bond acceptors (Lipinski definition) is 2. The number of hydrogen-bond donors (Lipinski definition) is 0. The van der Waals surface area contributed by atoms with Crippen LogP contribution in [0.4, 0.5) is 4.79 Å².